The van der Waals surface area contributed by atoms with Gasteiger partial charge in [0.15, 0.2) is 12.2 Å². The zero-order chi connectivity index (χ0) is 20.6. The molecule has 3 aromatic rings. The van der Waals surface area contributed by atoms with Crippen LogP contribution in [0.3, 0.4) is 0 Å². The molecule has 0 bridgehead atoms. The van der Waals surface area contributed by atoms with Gasteiger partial charge in [-0.25, -0.2) is 18.4 Å². The van der Waals surface area contributed by atoms with Crippen LogP contribution >= 0.6 is 0 Å². The molecule has 8 nitrogen and oxygen atoms in total. The fourth-order valence-electron chi connectivity index (χ4n) is 3.56. The Morgan fingerprint density at radius 2 is 2.03 bits per heavy atom. The van der Waals surface area contributed by atoms with Crippen molar-refractivity contribution in [2.45, 2.75) is 63.0 Å². The second kappa shape index (κ2) is 7.66. The molecule has 3 aromatic heterocycles. The van der Waals surface area contributed by atoms with Crippen LogP contribution in [0.2, 0.25) is 0 Å². The number of hydrogen-bond donors (Lipinski definition) is 1. The Morgan fingerprint density at radius 3 is 2.77 bits per heavy atom. The first kappa shape index (κ1) is 19.0. The van der Waals surface area contributed by atoms with E-state index in [1.54, 1.807) is 16.9 Å². The normalized spacial score (nSPS) is 19.0. The quantitative estimate of drug-likeness (QED) is 0.620. The van der Waals surface area contributed by atoms with Crippen LogP contribution in [0.1, 0.15) is 55.9 Å². The molecule has 158 valence electrons. The number of halogens is 2. The van der Waals surface area contributed by atoms with E-state index in [-0.39, 0.29) is 25.5 Å². The Morgan fingerprint density at radius 1 is 1.20 bits per heavy atom. The van der Waals surface area contributed by atoms with E-state index in [0.29, 0.717) is 42.2 Å². The lowest BCUT2D eigenvalue weighted by molar-refractivity contribution is -0.0361. The molecule has 2 aliphatic carbocycles. The predicted octanol–water partition coefficient (Wildman–Crippen LogP) is 4.10. The maximum Gasteiger partial charge on any atom is 0.255 e. The van der Waals surface area contributed by atoms with Gasteiger partial charge in [0.1, 0.15) is 12.4 Å². The monoisotopic (exact) mass is 416 g/mol. The van der Waals surface area contributed by atoms with Crippen molar-refractivity contribution in [3.8, 4) is 11.8 Å². The number of aromatic nitrogens is 5. The van der Waals surface area contributed by atoms with Crippen LogP contribution in [0.15, 0.2) is 35.3 Å². The van der Waals surface area contributed by atoms with Gasteiger partial charge in [-0.3, -0.25) is 0 Å². The third kappa shape index (κ3) is 4.42. The van der Waals surface area contributed by atoms with Gasteiger partial charge >= 0.3 is 0 Å². The molecule has 0 aliphatic heterocycles. The minimum atomic E-state index is -2.57. The smallest absolute Gasteiger partial charge is 0.255 e. The van der Waals surface area contributed by atoms with Gasteiger partial charge in [-0.2, -0.15) is 15.1 Å². The van der Waals surface area contributed by atoms with Crippen molar-refractivity contribution < 1.29 is 17.9 Å². The highest BCUT2D eigenvalue weighted by Gasteiger charge is 2.35. The maximum atomic E-state index is 13.5. The van der Waals surface area contributed by atoms with Crippen LogP contribution in [0.4, 0.5) is 14.6 Å². The standard InChI is InChI=1S/C20H22F2N6O2/c21-20(22)6-3-14(4-7-20)24-17-9-18(29-11-15-10-23-12-30-15)26-19(25-17)28-8-5-16(27-28)13-1-2-13/h5,8-10,12-14H,1-4,6-7,11H2,(H,24,25,26). The molecule has 0 amide bonds. The van der Waals surface area contributed by atoms with Gasteiger partial charge in [0.25, 0.3) is 5.95 Å². The first-order valence-corrected chi connectivity index (χ1v) is 10.1. The van der Waals surface area contributed by atoms with E-state index in [1.807, 2.05) is 12.3 Å². The van der Waals surface area contributed by atoms with Crippen molar-refractivity contribution in [1.29, 1.82) is 0 Å². The van der Waals surface area contributed by atoms with E-state index < -0.39 is 5.92 Å². The van der Waals surface area contributed by atoms with Crippen molar-refractivity contribution in [1.82, 2.24) is 24.7 Å². The molecule has 0 atom stereocenters. The van der Waals surface area contributed by atoms with Crippen molar-refractivity contribution in [3.05, 3.63) is 42.4 Å². The number of hydrogen-bond acceptors (Lipinski definition) is 7. The van der Waals surface area contributed by atoms with E-state index in [2.05, 4.69) is 25.4 Å². The number of ether oxygens (including phenoxy) is 1. The first-order chi connectivity index (χ1) is 14.5. The third-order valence-corrected chi connectivity index (χ3v) is 5.42. The number of nitrogens with zero attached hydrogens (tertiary/aromatic N) is 5. The van der Waals surface area contributed by atoms with Gasteiger partial charge in [0, 0.05) is 37.1 Å². The van der Waals surface area contributed by atoms with E-state index in [4.69, 9.17) is 9.15 Å². The average molecular weight is 416 g/mol. The second-order valence-electron chi connectivity index (χ2n) is 7.88. The lowest BCUT2D eigenvalue weighted by Crippen LogP contribution is -2.32. The molecule has 0 unspecified atom stereocenters. The molecule has 5 rings (SSSR count). The van der Waals surface area contributed by atoms with Crippen molar-refractivity contribution >= 4 is 5.82 Å². The molecule has 2 fully saturated rings. The second-order valence-corrected chi connectivity index (χ2v) is 7.88. The number of alkyl halides is 2. The highest BCUT2D eigenvalue weighted by atomic mass is 19.3. The van der Waals surface area contributed by atoms with Crippen LogP contribution in [0.25, 0.3) is 5.95 Å². The summed E-state index contributed by atoms with van der Waals surface area (Å²) < 4.78 is 39.5. The number of nitrogens with one attached hydrogen (secondary N) is 1. The highest BCUT2D eigenvalue weighted by molar-refractivity contribution is 5.42. The number of rotatable bonds is 7. The molecule has 2 saturated carbocycles. The fraction of sp³-hybridized carbons (Fsp3) is 0.500. The molecule has 0 saturated heterocycles. The van der Waals surface area contributed by atoms with Gasteiger partial charge in [0.2, 0.25) is 11.8 Å². The summed E-state index contributed by atoms with van der Waals surface area (Å²) >= 11 is 0. The molecule has 1 N–H and O–H groups in total. The van der Waals surface area contributed by atoms with E-state index in [0.717, 1.165) is 18.5 Å². The van der Waals surface area contributed by atoms with Crippen LogP contribution < -0.4 is 10.1 Å². The summed E-state index contributed by atoms with van der Waals surface area (Å²) in [6, 6.07) is 3.56. The lowest BCUT2D eigenvalue weighted by atomic mass is 9.92. The topological polar surface area (TPSA) is 90.9 Å². The summed E-state index contributed by atoms with van der Waals surface area (Å²) in [6.45, 7) is 0.165. The summed E-state index contributed by atoms with van der Waals surface area (Å²) in [7, 11) is 0. The van der Waals surface area contributed by atoms with Crippen molar-refractivity contribution in [3.63, 3.8) is 0 Å². The SMILES string of the molecule is FC1(F)CCC(Nc2cc(OCc3cnco3)nc(-n3ccc(C4CC4)n3)n2)CC1. The van der Waals surface area contributed by atoms with E-state index in [9.17, 15) is 8.78 Å². The Labute approximate surface area is 171 Å². The Balaban J connectivity index is 1.37. The van der Waals surface area contributed by atoms with Gasteiger partial charge in [-0.05, 0) is 31.7 Å². The van der Waals surface area contributed by atoms with Gasteiger partial charge in [-0.1, -0.05) is 0 Å². The lowest BCUT2D eigenvalue weighted by Gasteiger charge is -2.29. The average Bonchev–Trinajstić information content (AvgIpc) is 3.24. The minimum absolute atomic E-state index is 0.0749. The molecule has 0 radical (unpaired) electrons. The summed E-state index contributed by atoms with van der Waals surface area (Å²) in [5, 5.41) is 7.84. The van der Waals surface area contributed by atoms with Crippen LogP contribution in [-0.2, 0) is 6.61 Å². The molecular weight excluding hydrogens is 394 g/mol. The summed E-state index contributed by atoms with van der Waals surface area (Å²) in [5.74, 6) is -0.280. The molecular formula is C20H22F2N6O2. The van der Waals surface area contributed by atoms with Crippen LogP contribution in [0, 0.1) is 0 Å². The zero-order valence-electron chi connectivity index (χ0n) is 16.3. The minimum Gasteiger partial charge on any atom is -0.469 e. The molecule has 0 aromatic carbocycles. The molecule has 30 heavy (non-hydrogen) atoms. The van der Waals surface area contributed by atoms with E-state index in [1.165, 1.54) is 6.39 Å². The molecule has 2 aliphatic rings. The van der Waals surface area contributed by atoms with Crippen molar-refractivity contribution in [2.75, 3.05) is 5.32 Å². The largest absolute Gasteiger partial charge is 0.469 e. The molecule has 3 heterocycles. The summed E-state index contributed by atoms with van der Waals surface area (Å²) in [4.78, 5) is 12.9. The van der Waals surface area contributed by atoms with Gasteiger partial charge in [0.05, 0.1) is 11.9 Å². The zero-order valence-corrected chi connectivity index (χ0v) is 16.3. The third-order valence-electron chi connectivity index (χ3n) is 5.42. The van der Waals surface area contributed by atoms with Gasteiger partial charge in [-0.15, -0.1) is 0 Å². The summed E-state index contributed by atoms with van der Waals surface area (Å²) in [6.07, 6.45) is 7.55. The van der Waals surface area contributed by atoms with Crippen molar-refractivity contribution in [2.24, 2.45) is 0 Å². The number of oxazole rings is 1. The highest BCUT2D eigenvalue weighted by Crippen LogP contribution is 2.39. The molecule has 10 heteroatoms. The maximum absolute atomic E-state index is 13.5. The molecule has 0 spiro atoms. The predicted molar refractivity (Wildman–Crippen MR) is 103 cm³/mol. The first-order valence-electron chi connectivity index (χ1n) is 10.1. The number of anilines is 1. The summed E-state index contributed by atoms with van der Waals surface area (Å²) in [5.41, 5.74) is 1.02. The fourth-order valence-corrected chi connectivity index (χ4v) is 3.56. The Bertz CT molecular complexity index is 993. The van der Waals surface area contributed by atoms with Gasteiger partial charge < -0.3 is 14.5 Å². The van der Waals surface area contributed by atoms with Crippen LogP contribution in [0.5, 0.6) is 5.88 Å². The Hall–Kier alpha value is -3.04. The van der Waals surface area contributed by atoms with Crippen LogP contribution in [-0.4, -0.2) is 36.7 Å². The van der Waals surface area contributed by atoms with E-state index >= 15 is 0 Å². The Kier molecular flexibility index (Phi) is 4.84.